The Hall–Kier alpha value is -1.18. The Bertz CT molecular complexity index is 339. The average Bonchev–Trinajstić information content (AvgIpc) is 2.29. The van der Waals surface area contributed by atoms with E-state index in [4.69, 9.17) is 0 Å². The molecule has 0 aliphatic heterocycles. The summed E-state index contributed by atoms with van der Waals surface area (Å²) in [7, 11) is 0. The fourth-order valence-electron chi connectivity index (χ4n) is 2.62. The Balaban J connectivity index is 1.89. The number of ketones is 1. The van der Waals surface area contributed by atoms with Gasteiger partial charge in [-0.05, 0) is 30.5 Å². The molecule has 0 radical (unpaired) electrons. The quantitative estimate of drug-likeness (QED) is 0.796. The number of hydrogen-bond acceptors (Lipinski definition) is 2. The highest BCUT2D eigenvalue weighted by Crippen LogP contribution is 2.24. The van der Waals surface area contributed by atoms with E-state index < -0.39 is 0 Å². The fraction of sp³-hybridized carbons (Fsp3) is 0.600. The van der Waals surface area contributed by atoms with Crippen molar-refractivity contribution in [1.29, 1.82) is 0 Å². The average molecular weight is 231 g/mol. The first-order chi connectivity index (χ1) is 8.36. The van der Waals surface area contributed by atoms with Gasteiger partial charge >= 0.3 is 0 Å². The molecule has 0 spiro atoms. The van der Waals surface area contributed by atoms with Gasteiger partial charge in [-0.15, -0.1) is 0 Å². The van der Waals surface area contributed by atoms with Crippen molar-refractivity contribution in [1.82, 2.24) is 4.98 Å². The Labute approximate surface area is 103 Å². The van der Waals surface area contributed by atoms with Gasteiger partial charge in [0.1, 0.15) is 5.78 Å². The second-order valence-electron chi connectivity index (χ2n) is 5.04. The summed E-state index contributed by atoms with van der Waals surface area (Å²) in [5.74, 6) is 0.738. The summed E-state index contributed by atoms with van der Waals surface area (Å²) < 4.78 is 0. The van der Waals surface area contributed by atoms with E-state index in [9.17, 15) is 4.79 Å². The highest BCUT2D eigenvalue weighted by molar-refractivity contribution is 5.83. The van der Waals surface area contributed by atoms with Crippen molar-refractivity contribution in [3.05, 3.63) is 30.1 Å². The molecule has 1 aromatic rings. The van der Waals surface area contributed by atoms with E-state index in [-0.39, 0.29) is 0 Å². The second-order valence-corrected chi connectivity index (χ2v) is 5.04. The molecule has 2 heteroatoms. The lowest BCUT2D eigenvalue weighted by Gasteiger charge is -2.18. The number of rotatable bonds is 3. The highest BCUT2D eigenvalue weighted by Gasteiger charge is 2.19. The molecule has 0 N–H and O–H groups in total. The first kappa shape index (κ1) is 12.3. The maximum Gasteiger partial charge on any atom is 0.140 e. The smallest absolute Gasteiger partial charge is 0.140 e. The van der Waals surface area contributed by atoms with Crippen LogP contribution in [0.3, 0.4) is 0 Å². The number of Topliss-reactive ketones (excluding diaryl/α,β-unsaturated/α-hetero) is 1. The molecular formula is C15H21NO. The van der Waals surface area contributed by atoms with Crippen molar-refractivity contribution >= 4 is 5.78 Å². The normalized spacial score (nSPS) is 18.4. The van der Waals surface area contributed by atoms with E-state index >= 15 is 0 Å². The Morgan fingerprint density at radius 1 is 1.06 bits per heavy atom. The van der Waals surface area contributed by atoms with Gasteiger partial charge in [-0.3, -0.25) is 9.78 Å². The van der Waals surface area contributed by atoms with Gasteiger partial charge in [-0.2, -0.15) is 0 Å². The van der Waals surface area contributed by atoms with Crippen LogP contribution in [0.1, 0.15) is 50.5 Å². The number of hydrogen-bond donors (Lipinski definition) is 0. The van der Waals surface area contributed by atoms with Gasteiger partial charge in [0.25, 0.3) is 0 Å². The predicted molar refractivity (Wildman–Crippen MR) is 68.8 cm³/mol. The molecule has 17 heavy (non-hydrogen) atoms. The zero-order chi connectivity index (χ0) is 11.9. The lowest BCUT2D eigenvalue weighted by atomic mass is 9.86. The van der Waals surface area contributed by atoms with Crippen molar-refractivity contribution in [2.45, 2.75) is 51.4 Å². The summed E-state index contributed by atoms with van der Waals surface area (Å²) >= 11 is 0. The number of carbonyl (C=O) groups excluding carboxylic acids is 1. The molecule has 0 bridgehead atoms. The van der Waals surface area contributed by atoms with Gasteiger partial charge in [0, 0.05) is 24.7 Å². The van der Waals surface area contributed by atoms with E-state index in [2.05, 4.69) is 4.98 Å². The van der Waals surface area contributed by atoms with Gasteiger partial charge in [-0.25, -0.2) is 0 Å². The molecule has 2 nitrogen and oxygen atoms in total. The third kappa shape index (κ3) is 3.95. The first-order valence-corrected chi connectivity index (χ1v) is 6.78. The SMILES string of the molecule is O=C(Cc1ccncc1)C1CCCCCCC1. The molecule has 1 aliphatic carbocycles. The lowest BCUT2D eigenvalue weighted by molar-refractivity contribution is -0.122. The molecule has 0 aromatic carbocycles. The van der Waals surface area contributed by atoms with Crippen LogP contribution in [0.2, 0.25) is 0 Å². The van der Waals surface area contributed by atoms with Gasteiger partial charge < -0.3 is 0 Å². The van der Waals surface area contributed by atoms with E-state index in [0.29, 0.717) is 18.1 Å². The van der Waals surface area contributed by atoms with Crippen molar-refractivity contribution in [2.75, 3.05) is 0 Å². The lowest BCUT2D eigenvalue weighted by Crippen LogP contribution is -2.18. The summed E-state index contributed by atoms with van der Waals surface area (Å²) in [4.78, 5) is 16.2. The van der Waals surface area contributed by atoms with Crippen LogP contribution < -0.4 is 0 Å². The summed E-state index contributed by atoms with van der Waals surface area (Å²) in [5.41, 5.74) is 1.10. The second kappa shape index (κ2) is 6.53. The summed E-state index contributed by atoms with van der Waals surface area (Å²) in [6, 6.07) is 3.89. The van der Waals surface area contributed by atoms with Crippen LogP contribution >= 0.6 is 0 Å². The highest BCUT2D eigenvalue weighted by atomic mass is 16.1. The topological polar surface area (TPSA) is 30.0 Å². The minimum Gasteiger partial charge on any atom is -0.299 e. The number of nitrogens with zero attached hydrogens (tertiary/aromatic N) is 1. The number of pyridine rings is 1. The van der Waals surface area contributed by atoms with Gasteiger partial charge in [-0.1, -0.05) is 32.1 Å². The molecular weight excluding hydrogens is 210 g/mol. The molecule has 2 rings (SSSR count). The van der Waals surface area contributed by atoms with Crippen LogP contribution in [-0.4, -0.2) is 10.8 Å². The maximum absolute atomic E-state index is 12.2. The Morgan fingerprint density at radius 3 is 2.29 bits per heavy atom. The van der Waals surface area contributed by atoms with Crippen LogP contribution in [0.5, 0.6) is 0 Å². The molecule has 0 atom stereocenters. The molecule has 1 saturated carbocycles. The van der Waals surface area contributed by atoms with Crippen LogP contribution in [-0.2, 0) is 11.2 Å². The van der Waals surface area contributed by atoms with Crippen LogP contribution in [0.4, 0.5) is 0 Å². The van der Waals surface area contributed by atoms with E-state index in [1.165, 1.54) is 32.1 Å². The van der Waals surface area contributed by atoms with Crippen molar-refractivity contribution in [2.24, 2.45) is 5.92 Å². The zero-order valence-corrected chi connectivity index (χ0v) is 10.4. The third-order valence-corrected chi connectivity index (χ3v) is 3.69. The van der Waals surface area contributed by atoms with Gasteiger partial charge in [0.05, 0.1) is 0 Å². The largest absolute Gasteiger partial charge is 0.299 e. The van der Waals surface area contributed by atoms with Crippen molar-refractivity contribution < 1.29 is 4.79 Å². The standard InChI is InChI=1S/C15H21NO/c17-15(12-13-8-10-16-11-9-13)14-6-4-2-1-3-5-7-14/h8-11,14H,1-7,12H2. The molecule has 0 saturated heterocycles. The Kier molecular flexibility index (Phi) is 4.72. The fourth-order valence-corrected chi connectivity index (χ4v) is 2.62. The first-order valence-electron chi connectivity index (χ1n) is 6.78. The molecule has 1 fully saturated rings. The zero-order valence-electron chi connectivity index (χ0n) is 10.4. The monoisotopic (exact) mass is 231 g/mol. The van der Waals surface area contributed by atoms with E-state index in [1.54, 1.807) is 12.4 Å². The predicted octanol–water partition coefficient (Wildman–Crippen LogP) is 3.55. The van der Waals surface area contributed by atoms with Gasteiger partial charge in [0.15, 0.2) is 0 Å². The van der Waals surface area contributed by atoms with Gasteiger partial charge in [0.2, 0.25) is 0 Å². The summed E-state index contributed by atoms with van der Waals surface area (Å²) in [5, 5.41) is 0. The minimum atomic E-state index is 0.309. The molecule has 92 valence electrons. The van der Waals surface area contributed by atoms with Crippen LogP contribution in [0.25, 0.3) is 0 Å². The molecule has 1 heterocycles. The van der Waals surface area contributed by atoms with E-state index in [1.807, 2.05) is 12.1 Å². The molecule has 1 aliphatic rings. The van der Waals surface area contributed by atoms with Crippen LogP contribution in [0, 0.1) is 5.92 Å². The Morgan fingerprint density at radius 2 is 1.65 bits per heavy atom. The molecule has 0 unspecified atom stereocenters. The maximum atomic E-state index is 12.2. The molecule has 0 amide bonds. The van der Waals surface area contributed by atoms with E-state index in [0.717, 1.165) is 18.4 Å². The van der Waals surface area contributed by atoms with Crippen molar-refractivity contribution in [3.63, 3.8) is 0 Å². The van der Waals surface area contributed by atoms with Crippen molar-refractivity contribution in [3.8, 4) is 0 Å². The van der Waals surface area contributed by atoms with Crippen LogP contribution in [0.15, 0.2) is 24.5 Å². The summed E-state index contributed by atoms with van der Waals surface area (Å²) in [6.45, 7) is 0. The third-order valence-electron chi connectivity index (χ3n) is 3.69. The molecule has 1 aromatic heterocycles. The number of aromatic nitrogens is 1. The minimum absolute atomic E-state index is 0.309. The summed E-state index contributed by atoms with van der Waals surface area (Å²) in [6.07, 6.45) is 12.7. The number of carbonyl (C=O) groups is 1.